The van der Waals surface area contributed by atoms with Crippen LogP contribution in [-0.4, -0.2) is 32.7 Å². The number of nitrogens with zero attached hydrogens (tertiary/aromatic N) is 1. The van der Waals surface area contributed by atoms with Crippen LogP contribution < -0.4 is 0 Å². The topological polar surface area (TPSA) is 73.3 Å². The van der Waals surface area contributed by atoms with Crippen LogP contribution in [0.4, 0.5) is 13.2 Å². The van der Waals surface area contributed by atoms with Crippen molar-refractivity contribution in [1.82, 2.24) is 4.98 Å². The lowest BCUT2D eigenvalue weighted by Crippen LogP contribution is -2.14. The number of pyridine rings is 1. The zero-order valence-electron chi connectivity index (χ0n) is 13.2. The Morgan fingerprint density at radius 2 is 1.77 bits per heavy atom. The summed E-state index contributed by atoms with van der Waals surface area (Å²) < 4.78 is 67.7. The van der Waals surface area contributed by atoms with Gasteiger partial charge in [0.15, 0.2) is 15.5 Å². The monoisotopic (exact) mass is 427 g/mol. The van der Waals surface area contributed by atoms with Gasteiger partial charge in [-0.25, -0.2) is 18.2 Å². The SMILES string of the molecule is COC(=O)c1nc(-c2ccc(C(F)(F)F)c(S(C)(=O)=O)c2Cl)ccc1Cl. The number of ether oxygens (including phenoxy) is 1. The maximum Gasteiger partial charge on any atom is 0.417 e. The summed E-state index contributed by atoms with van der Waals surface area (Å²) in [6.07, 6.45) is -4.31. The summed E-state index contributed by atoms with van der Waals surface area (Å²) in [5, 5.41) is -0.708. The highest BCUT2D eigenvalue weighted by molar-refractivity contribution is 7.90. The zero-order valence-corrected chi connectivity index (χ0v) is 15.5. The van der Waals surface area contributed by atoms with Crippen molar-refractivity contribution in [3.05, 3.63) is 45.6 Å². The van der Waals surface area contributed by atoms with E-state index in [0.717, 1.165) is 13.2 Å². The van der Waals surface area contributed by atoms with Gasteiger partial charge in [-0.05, 0) is 18.2 Å². The number of alkyl halides is 3. The molecule has 0 aliphatic carbocycles. The van der Waals surface area contributed by atoms with Crippen molar-refractivity contribution < 1.29 is 31.1 Å². The number of halogens is 5. The molecule has 2 rings (SSSR count). The van der Waals surface area contributed by atoms with E-state index in [-0.39, 0.29) is 22.0 Å². The molecule has 5 nitrogen and oxygen atoms in total. The first-order valence-electron chi connectivity index (χ1n) is 6.73. The maximum absolute atomic E-state index is 13.1. The smallest absolute Gasteiger partial charge is 0.417 e. The van der Waals surface area contributed by atoms with Gasteiger partial charge >= 0.3 is 12.1 Å². The Morgan fingerprint density at radius 3 is 2.27 bits per heavy atom. The molecule has 1 aromatic carbocycles. The molecule has 140 valence electrons. The lowest BCUT2D eigenvalue weighted by atomic mass is 10.1. The van der Waals surface area contributed by atoms with Crippen molar-refractivity contribution >= 4 is 39.0 Å². The third-order valence-corrected chi connectivity index (χ3v) is 5.25. The van der Waals surface area contributed by atoms with Crippen molar-refractivity contribution in [3.8, 4) is 11.3 Å². The highest BCUT2D eigenvalue weighted by atomic mass is 35.5. The number of aromatic nitrogens is 1. The molecular weight excluding hydrogens is 418 g/mol. The maximum atomic E-state index is 13.1. The molecule has 0 unspecified atom stereocenters. The van der Waals surface area contributed by atoms with E-state index in [0.29, 0.717) is 12.3 Å². The van der Waals surface area contributed by atoms with E-state index in [9.17, 15) is 26.4 Å². The number of carbonyl (C=O) groups excluding carboxylic acids is 1. The Hall–Kier alpha value is -1.84. The Kier molecular flexibility index (Phi) is 5.55. The first kappa shape index (κ1) is 20.5. The van der Waals surface area contributed by atoms with E-state index in [1.165, 1.54) is 12.1 Å². The van der Waals surface area contributed by atoms with Crippen LogP contribution in [0.3, 0.4) is 0 Å². The van der Waals surface area contributed by atoms with Crippen molar-refractivity contribution in [2.75, 3.05) is 13.4 Å². The van der Waals surface area contributed by atoms with E-state index in [2.05, 4.69) is 9.72 Å². The summed E-state index contributed by atoms with van der Waals surface area (Å²) in [6.45, 7) is 0. The third-order valence-electron chi connectivity index (χ3n) is 3.27. The average molecular weight is 428 g/mol. The molecule has 11 heteroatoms. The molecule has 0 saturated heterocycles. The molecule has 0 aliphatic rings. The molecule has 0 amide bonds. The van der Waals surface area contributed by atoms with Gasteiger partial charge in [0.05, 0.1) is 33.3 Å². The van der Waals surface area contributed by atoms with Gasteiger partial charge in [-0.1, -0.05) is 29.3 Å². The predicted molar refractivity (Wildman–Crippen MR) is 89.1 cm³/mol. The van der Waals surface area contributed by atoms with E-state index in [1.807, 2.05) is 0 Å². The summed E-state index contributed by atoms with van der Waals surface area (Å²) in [4.78, 5) is 14.5. The van der Waals surface area contributed by atoms with Crippen LogP contribution in [-0.2, 0) is 20.8 Å². The molecule has 1 aromatic heterocycles. The van der Waals surface area contributed by atoms with E-state index >= 15 is 0 Å². The summed E-state index contributed by atoms with van der Waals surface area (Å²) in [7, 11) is -3.22. The molecule has 0 fully saturated rings. The molecule has 0 spiro atoms. The fraction of sp³-hybridized carbons (Fsp3) is 0.200. The van der Waals surface area contributed by atoms with Crippen molar-refractivity contribution in [2.24, 2.45) is 0 Å². The van der Waals surface area contributed by atoms with Gasteiger partial charge < -0.3 is 4.74 Å². The molecule has 0 atom stereocenters. The highest BCUT2D eigenvalue weighted by Crippen LogP contribution is 2.41. The van der Waals surface area contributed by atoms with Gasteiger partial charge in [-0.15, -0.1) is 0 Å². The quantitative estimate of drug-likeness (QED) is 0.683. The Bertz CT molecular complexity index is 991. The molecule has 0 saturated carbocycles. The van der Waals surface area contributed by atoms with Crippen LogP contribution in [0.5, 0.6) is 0 Å². The second kappa shape index (κ2) is 7.05. The summed E-state index contributed by atoms with van der Waals surface area (Å²) in [6, 6.07) is 4.11. The van der Waals surface area contributed by atoms with Gasteiger partial charge in [0, 0.05) is 11.8 Å². The molecule has 0 radical (unpaired) electrons. The number of carbonyl (C=O) groups is 1. The van der Waals surface area contributed by atoms with Gasteiger partial charge in [-0.3, -0.25) is 0 Å². The zero-order chi connectivity index (χ0) is 19.9. The Morgan fingerprint density at radius 1 is 1.15 bits per heavy atom. The predicted octanol–water partition coefficient (Wildman–Crippen LogP) is 4.26. The molecule has 0 aliphatic heterocycles. The average Bonchev–Trinajstić information content (AvgIpc) is 2.52. The molecular formula is C15H10Cl2F3NO4S. The Balaban J connectivity index is 2.80. The lowest BCUT2D eigenvalue weighted by molar-refractivity contribution is -0.139. The van der Waals surface area contributed by atoms with Gasteiger partial charge in [-0.2, -0.15) is 13.2 Å². The number of hydrogen-bond acceptors (Lipinski definition) is 5. The number of benzene rings is 1. The summed E-state index contributed by atoms with van der Waals surface area (Å²) >= 11 is 11.8. The second-order valence-electron chi connectivity index (χ2n) is 5.09. The third kappa shape index (κ3) is 3.94. The Labute approximate surface area is 156 Å². The molecule has 0 N–H and O–H groups in total. The van der Waals surface area contributed by atoms with Crippen LogP contribution >= 0.6 is 23.2 Å². The van der Waals surface area contributed by atoms with Crippen molar-refractivity contribution in [3.63, 3.8) is 0 Å². The van der Waals surface area contributed by atoms with Crippen LogP contribution in [0.2, 0.25) is 10.0 Å². The number of sulfone groups is 1. The standard InChI is InChI=1S/C15H10Cl2F3NO4S/c1-25-14(22)12-9(16)5-6-10(21-12)7-3-4-8(15(18,19)20)13(11(7)17)26(2,23)24/h3-6H,1-2H3. The minimum Gasteiger partial charge on any atom is -0.464 e. The van der Waals surface area contributed by atoms with Crippen LogP contribution in [0.1, 0.15) is 16.1 Å². The fourth-order valence-electron chi connectivity index (χ4n) is 2.17. The van der Waals surface area contributed by atoms with E-state index in [1.54, 1.807) is 0 Å². The van der Waals surface area contributed by atoms with Crippen LogP contribution in [0, 0.1) is 0 Å². The van der Waals surface area contributed by atoms with Crippen molar-refractivity contribution in [2.45, 2.75) is 11.1 Å². The molecule has 2 aromatic rings. The number of esters is 1. The second-order valence-corrected chi connectivity index (χ2v) is 7.83. The fourth-order valence-corrected chi connectivity index (χ4v) is 4.05. The van der Waals surface area contributed by atoms with E-state index in [4.69, 9.17) is 23.2 Å². The highest BCUT2D eigenvalue weighted by Gasteiger charge is 2.38. The lowest BCUT2D eigenvalue weighted by Gasteiger charge is -2.16. The van der Waals surface area contributed by atoms with Gasteiger partial charge in [0.1, 0.15) is 0 Å². The normalized spacial score (nSPS) is 12.1. The summed E-state index contributed by atoms with van der Waals surface area (Å²) in [5.74, 6) is -0.872. The van der Waals surface area contributed by atoms with E-state index < -0.39 is 37.5 Å². The largest absolute Gasteiger partial charge is 0.464 e. The molecule has 1 heterocycles. The number of methoxy groups -OCH3 is 1. The van der Waals surface area contributed by atoms with Crippen LogP contribution in [0.25, 0.3) is 11.3 Å². The van der Waals surface area contributed by atoms with Gasteiger partial charge in [0.25, 0.3) is 0 Å². The first-order chi connectivity index (χ1) is 11.9. The minimum absolute atomic E-state index is 0.0431. The number of rotatable bonds is 3. The van der Waals surface area contributed by atoms with Crippen molar-refractivity contribution in [1.29, 1.82) is 0 Å². The minimum atomic E-state index is -4.93. The van der Waals surface area contributed by atoms with Gasteiger partial charge in [0.2, 0.25) is 0 Å². The number of hydrogen-bond donors (Lipinski definition) is 0. The van der Waals surface area contributed by atoms with Crippen LogP contribution in [0.15, 0.2) is 29.2 Å². The summed E-state index contributed by atoms with van der Waals surface area (Å²) in [5.41, 5.74) is -1.83. The molecule has 0 bridgehead atoms. The molecule has 26 heavy (non-hydrogen) atoms. The first-order valence-corrected chi connectivity index (χ1v) is 9.37.